The van der Waals surface area contributed by atoms with E-state index in [1.807, 2.05) is 6.92 Å². The second-order valence-electron chi connectivity index (χ2n) is 5.43. The number of nitrogens with zero attached hydrogens (tertiary/aromatic N) is 4. The van der Waals surface area contributed by atoms with Gasteiger partial charge in [-0.25, -0.2) is 4.79 Å². The summed E-state index contributed by atoms with van der Waals surface area (Å²) in [5.41, 5.74) is -0.384. The monoisotopic (exact) mass is 280 g/mol. The van der Waals surface area contributed by atoms with E-state index in [0.29, 0.717) is 13.1 Å². The predicted octanol–water partition coefficient (Wildman–Crippen LogP) is -0.333. The second kappa shape index (κ2) is 6.85. The van der Waals surface area contributed by atoms with E-state index in [1.54, 1.807) is 10.8 Å². The van der Waals surface area contributed by atoms with E-state index in [9.17, 15) is 9.59 Å². The lowest BCUT2D eigenvalue weighted by Gasteiger charge is -2.32. The molecule has 0 amide bonds. The first-order valence-corrected chi connectivity index (χ1v) is 7.33. The Morgan fingerprint density at radius 3 is 2.40 bits per heavy atom. The van der Waals surface area contributed by atoms with Crippen LogP contribution in [0.15, 0.2) is 21.9 Å². The summed E-state index contributed by atoms with van der Waals surface area (Å²) < 4.78 is 2.97. The largest absolute Gasteiger partial charge is 0.331 e. The fourth-order valence-electron chi connectivity index (χ4n) is 2.49. The number of hydrogen-bond donors (Lipinski definition) is 0. The second-order valence-corrected chi connectivity index (χ2v) is 5.43. The van der Waals surface area contributed by atoms with Gasteiger partial charge in [-0.3, -0.25) is 14.3 Å². The van der Waals surface area contributed by atoms with Crippen LogP contribution in [0.25, 0.3) is 0 Å². The van der Waals surface area contributed by atoms with Crippen LogP contribution in [0, 0.1) is 0 Å². The Morgan fingerprint density at radius 1 is 1.05 bits per heavy atom. The Morgan fingerprint density at radius 2 is 1.75 bits per heavy atom. The third-order valence-electron chi connectivity index (χ3n) is 3.84. The van der Waals surface area contributed by atoms with Crippen LogP contribution in [0.4, 0.5) is 0 Å². The summed E-state index contributed by atoms with van der Waals surface area (Å²) in [6.45, 7) is 8.01. The van der Waals surface area contributed by atoms with Gasteiger partial charge in [0.1, 0.15) is 0 Å². The van der Waals surface area contributed by atoms with Crippen molar-refractivity contribution >= 4 is 0 Å². The first kappa shape index (κ1) is 15.0. The van der Waals surface area contributed by atoms with Gasteiger partial charge in [0, 0.05) is 58.1 Å². The SMILES string of the molecule is CCCn1ccc(=O)n(CCN2CCN(C)CC2)c1=O. The van der Waals surface area contributed by atoms with Crippen LogP contribution >= 0.6 is 0 Å². The molecular formula is C14H24N4O2. The first-order chi connectivity index (χ1) is 9.61. The molecule has 2 heterocycles. The summed E-state index contributed by atoms with van der Waals surface area (Å²) in [5, 5.41) is 0. The molecule has 1 saturated heterocycles. The molecule has 0 unspecified atom stereocenters. The van der Waals surface area contributed by atoms with Crippen LogP contribution in [0.2, 0.25) is 0 Å². The molecule has 0 bridgehead atoms. The minimum Gasteiger partial charge on any atom is -0.304 e. The standard InChI is InChI=1S/C14H24N4O2/c1-3-5-17-6-4-13(19)18(14(17)20)12-11-16-9-7-15(2)8-10-16/h4,6H,3,5,7-12H2,1-2H3. The molecule has 1 aromatic rings. The van der Waals surface area contributed by atoms with E-state index in [1.165, 1.54) is 10.6 Å². The van der Waals surface area contributed by atoms with Gasteiger partial charge in [-0.1, -0.05) is 6.92 Å². The van der Waals surface area contributed by atoms with Gasteiger partial charge in [-0.15, -0.1) is 0 Å². The van der Waals surface area contributed by atoms with Gasteiger partial charge in [-0.2, -0.15) is 0 Å². The molecule has 0 spiro atoms. The zero-order valence-electron chi connectivity index (χ0n) is 12.4. The maximum atomic E-state index is 12.2. The van der Waals surface area contributed by atoms with E-state index in [-0.39, 0.29) is 11.2 Å². The lowest BCUT2D eigenvalue weighted by atomic mass is 10.3. The third-order valence-corrected chi connectivity index (χ3v) is 3.84. The first-order valence-electron chi connectivity index (χ1n) is 7.33. The van der Waals surface area contributed by atoms with Gasteiger partial charge in [0.15, 0.2) is 0 Å². The highest BCUT2D eigenvalue weighted by molar-refractivity contribution is 4.86. The number of hydrogen-bond acceptors (Lipinski definition) is 4. The summed E-state index contributed by atoms with van der Waals surface area (Å²) in [5.74, 6) is 0. The zero-order chi connectivity index (χ0) is 14.5. The summed E-state index contributed by atoms with van der Waals surface area (Å²) in [6, 6.07) is 1.49. The molecule has 1 aromatic heterocycles. The molecule has 1 aliphatic rings. The van der Waals surface area contributed by atoms with Crippen LogP contribution in [0.5, 0.6) is 0 Å². The van der Waals surface area contributed by atoms with Crippen molar-refractivity contribution in [2.45, 2.75) is 26.4 Å². The molecule has 0 radical (unpaired) electrons. The van der Waals surface area contributed by atoms with Gasteiger partial charge in [0.25, 0.3) is 5.56 Å². The lowest BCUT2D eigenvalue weighted by molar-refractivity contribution is 0.149. The molecule has 112 valence electrons. The predicted molar refractivity (Wildman–Crippen MR) is 79.2 cm³/mol. The molecule has 6 heteroatoms. The number of aryl methyl sites for hydroxylation is 1. The van der Waals surface area contributed by atoms with Crippen LogP contribution in [-0.4, -0.2) is 58.7 Å². The normalized spacial score (nSPS) is 17.5. The Labute approximate surface area is 119 Å². The van der Waals surface area contributed by atoms with E-state index in [4.69, 9.17) is 0 Å². The molecule has 0 atom stereocenters. The highest BCUT2D eigenvalue weighted by Crippen LogP contribution is 1.98. The molecule has 0 saturated carbocycles. The average Bonchev–Trinajstić information content (AvgIpc) is 2.44. The fourth-order valence-corrected chi connectivity index (χ4v) is 2.49. The Bertz CT molecular complexity index is 541. The highest BCUT2D eigenvalue weighted by atomic mass is 16.2. The molecule has 20 heavy (non-hydrogen) atoms. The molecule has 2 rings (SSSR count). The number of piperazine rings is 1. The maximum Gasteiger partial charge on any atom is 0.331 e. The topological polar surface area (TPSA) is 50.5 Å². The number of likely N-dealkylation sites (N-methyl/N-ethyl adjacent to an activating group) is 1. The van der Waals surface area contributed by atoms with E-state index < -0.39 is 0 Å². The van der Waals surface area contributed by atoms with Crippen molar-refractivity contribution in [3.8, 4) is 0 Å². The van der Waals surface area contributed by atoms with Crippen molar-refractivity contribution in [1.82, 2.24) is 18.9 Å². The summed E-state index contributed by atoms with van der Waals surface area (Å²) in [7, 11) is 2.11. The quantitative estimate of drug-likeness (QED) is 0.741. The van der Waals surface area contributed by atoms with Crippen LogP contribution < -0.4 is 11.2 Å². The molecule has 1 fully saturated rings. The van der Waals surface area contributed by atoms with E-state index >= 15 is 0 Å². The van der Waals surface area contributed by atoms with Crippen molar-refractivity contribution in [1.29, 1.82) is 0 Å². The minimum atomic E-state index is -0.198. The van der Waals surface area contributed by atoms with Crippen LogP contribution in [0.1, 0.15) is 13.3 Å². The Hall–Kier alpha value is -1.40. The molecular weight excluding hydrogens is 256 g/mol. The van der Waals surface area contributed by atoms with Crippen LogP contribution in [-0.2, 0) is 13.1 Å². The van der Waals surface area contributed by atoms with Gasteiger partial charge >= 0.3 is 5.69 Å². The maximum absolute atomic E-state index is 12.2. The van der Waals surface area contributed by atoms with Gasteiger partial charge in [0.2, 0.25) is 0 Å². The van der Waals surface area contributed by atoms with E-state index in [0.717, 1.165) is 39.1 Å². The fraction of sp³-hybridized carbons (Fsp3) is 0.714. The van der Waals surface area contributed by atoms with Crippen molar-refractivity contribution in [3.63, 3.8) is 0 Å². The smallest absolute Gasteiger partial charge is 0.304 e. The van der Waals surface area contributed by atoms with Crippen molar-refractivity contribution in [3.05, 3.63) is 33.1 Å². The molecule has 6 nitrogen and oxygen atoms in total. The Balaban J connectivity index is 2.04. The molecule has 0 N–H and O–H groups in total. The summed E-state index contributed by atoms with van der Waals surface area (Å²) >= 11 is 0. The van der Waals surface area contributed by atoms with Gasteiger partial charge < -0.3 is 9.47 Å². The van der Waals surface area contributed by atoms with Crippen LogP contribution in [0.3, 0.4) is 0 Å². The van der Waals surface area contributed by atoms with E-state index in [2.05, 4.69) is 16.8 Å². The van der Waals surface area contributed by atoms with Crippen molar-refractivity contribution in [2.75, 3.05) is 39.8 Å². The molecule has 1 aliphatic heterocycles. The minimum absolute atomic E-state index is 0.187. The number of aromatic nitrogens is 2. The van der Waals surface area contributed by atoms with Crippen molar-refractivity contribution < 1.29 is 0 Å². The summed E-state index contributed by atoms with van der Waals surface area (Å²) in [6.07, 6.45) is 2.48. The van der Waals surface area contributed by atoms with Crippen molar-refractivity contribution in [2.24, 2.45) is 0 Å². The molecule has 0 aromatic carbocycles. The molecule has 0 aliphatic carbocycles. The van der Waals surface area contributed by atoms with Gasteiger partial charge in [-0.05, 0) is 13.5 Å². The average molecular weight is 280 g/mol. The summed E-state index contributed by atoms with van der Waals surface area (Å²) in [4.78, 5) is 28.6. The Kier molecular flexibility index (Phi) is 5.14. The zero-order valence-corrected chi connectivity index (χ0v) is 12.4. The third kappa shape index (κ3) is 3.58. The highest BCUT2D eigenvalue weighted by Gasteiger charge is 2.14. The lowest BCUT2D eigenvalue weighted by Crippen LogP contribution is -2.47. The van der Waals surface area contributed by atoms with Gasteiger partial charge in [0.05, 0.1) is 0 Å². The number of rotatable bonds is 5.